The van der Waals surface area contributed by atoms with Gasteiger partial charge in [0.05, 0.1) is 6.61 Å². The Kier molecular flexibility index (Phi) is 6.27. The molecule has 2 heteroatoms. The first-order chi connectivity index (χ1) is 11.4. The average Bonchev–Trinajstić information content (AvgIpc) is 3.40. The maximum atomic E-state index is 5.99. The Bertz CT molecular complexity index is 618. The van der Waals surface area contributed by atoms with E-state index in [9.17, 15) is 0 Å². The first-order valence-electron chi connectivity index (χ1n) is 9.20. The van der Waals surface area contributed by atoms with Crippen LogP contribution in [-0.4, -0.2) is 12.4 Å². The van der Waals surface area contributed by atoms with Gasteiger partial charge in [-0.15, -0.1) is 0 Å². The molecule has 1 nitrogen and oxygen atoms in total. The summed E-state index contributed by atoms with van der Waals surface area (Å²) in [7, 11) is 0. The van der Waals surface area contributed by atoms with Gasteiger partial charge in [0.15, 0.2) is 4.90 Å². The smallest absolute Gasteiger partial charge is 0.160 e. The highest BCUT2D eigenvalue weighted by atomic mass is 32.2. The van der Waals surface area contributed by atoms with Crippen molar-refractivity contribution in [3.63, 3.8) is 0 Å². The number of hydrogen-bond donors (Lipinski definition) is 0. The van der Waals surface area contributed by atoms with Gasteiger partial charge in [-0.25, -0.2) is 0 Å². The Hall–Kier alpha value is -1.15. The van der Waals surface area contributed by atoms with Crippen LogP contribution in [0.3, 0.4) is 0 Å². The van der Waals surface area contributed by atoms with Crippen molar-refractivity contribution in [2.45, 2.75) is 56.8 Å². The SMILES string of the molecule is CCCCOc1ccc([SH+]CCCCC2CC2)c2ccccc12. The molecule has 0 spiro atoms. The summed E-state index contributed by atoms with van der Waals surface area (Å²) in [5.74, 6) is 3.40. The molecule has 0 saturated heterocycles. The van der Waals surface area contributed by atoms with E-state index in [2.05, 4.69) is 43.3 Å². The number of unbranched alkanes of at least 4 members (excludes halogenated alkanes) is 2. The topological polar surface area (TPSA) is 9.23 Å². The zero-order valence-electron chi connectivity index (χ0n) is 14.3. The Morgan fingerprint density at radius 2 is 1.83 bits per heavy atom. The first kappa shape index (κ1) is 16.7. The summed E-state index contributed by atoms with van der Waals surface area (Å²) in [5.41, 5.74) is 0. The maximum absolute atomic E-state index is 5.99. The van der Waals surface area contributed by atoms with Crippen LogP contribution >= 0.6 is 0 Å². The average molecular weight is 330 g/mol. The van der Waals surface area contributed by atoms with Crippen LogP contribution in [0.1, 0.15) is 51.9 Å². The zero-order chi connectivity index (χ0) is 15.9. The van der Waals surface area contributed by atoms with Gasteiger partial charge in [-0.05, 0) is 43.4 Å². The third kappa shape index (κ3) is 4.91. The van der Waals surface area contributed by atoms with Gasteiger partial charge in [-0.1, -0.05) is 50.8 Å². The minimum atomic E-state index is 0.818. The predicted molar refractivity (Wildman–Crippen MR) is 103 cm³/mol. The van der Waals surface area contributed by atoms with E-state index in [1.54, 1.807) is 0 Å². The standard InChI is InChI=1S/C21H28OS/c1-2-3-15-22-20-13-14-21(19-10-5-4-9-18(19)20)23-16-7-6-8-17-11-12-17/h4-5,9-10,13-14,17H,2-3,6-8,11-12,15-16H2,1H3/p+1. The molecular formula is C21H29OS+. The predicted octanol–water partition coefficient (Wildman–Crippen LogP) is 5.77. The van der Waals surface area contributed by atoms with Crippen molar-refractivity contribution < 1.29 is 4.74 Å². The molecule has 124 valence electrons. The van der Waals surface area contributed by atoms with Crippen molar-refractivity contribution >= 4 is 22.5 Å². The summed E-state index contributed by atoms with van der Waals surface area (Å²) >= 11 is 1.46. The number of rotatable bonds is 10. The molecule has 0 bridgehead atoms. The molecule has 2 aromatic carbocycles. The first-order valence-corrected chi connectivity index (χ1v) is 10.3. The van der Waals surface area contributed by atoms with E-state index in [-0.39, 0.29) is 0 Å². The van der Waals surface area contributed by atoms with E-state index in [4.69, 9.17) is 4.74 Å². The molecule has 0 atom stereocenters. The molecule has 0 N–H and O–H groups in total. The molecule has 1 fully saturated rings. The monoisotopic (exact) mass is 329 g/mol. The number of thiol groups is 1. The minimum absolute atomic E-state index is 0.818. The third-order valence-electron chi connectivity index (χ3n) is 4.62. The van der Waals surface area contributed by atoms with Crippen molar-refractivity contribution in [2.75, 3.05) is 12.4 Å². The highest BCUT2D eigenvalue weighted by molar-refractivity contribution is 7.78. The van der Waals surface area contributed by atoms with Crippen molar-refractivity contribution in [3.8, 4) is 5.75 Å². The third-order valence-corrected chi connectivity index (χ3v) is 5.89. The largest absolute Gasteiger partial charge is 0.493 e. The fourth-order valence-electron chi connectivity index (χ4n) is 3.00. The summed E-state index contributed by atoms with van der Waals surface area (Å²) in [6, 6.07) is 13.1. The highest BCUT2D eigenvalue weighted by Crippen LogP contribution is 2.34. The Morgan fingerprint density at radius 1 is 1.00 bits per heavy atom. The lowest BCUT2D eigenvalue weighted by Crippen LogP contribution is -1.98. The van der Waals surface area contributed by atoms with Crippen molar-refractivity contribution in [1.82, 2.24) is 0 Å². The summed E-state index contributed by atoms with van der Waals surface area (Å²) < 4.78 is 5.99. The van der Waals surface area contributed by atoms with E-state index in [1.807, 2.05) is 0 Å². The summed E-state index contributed by atoms with van der Waals surface area (Å²) in [5, 5.41) is 2.64. The number of benzene rings is 2. The van der Waals surface area contributed by atoms with Crippen LogP contribution in [0.4, 0.5) is 0 Å². The normalized spacial score (nSPS) is 14.3. The lowest BCUT2D eigenvalue weighted by molar-refractivity contribution is 0.313. The molecule has 0 unspecified atom stereocenters. The van der Waals surface area contributed by atoms with Crippen molar-refractivity contribution in [3.05, 3.63) is 36.4 Å². The van der Waals surface area contributed by atoms with Gasteiger partial charge in [0.25, 0.3) is 0 Å². The Balaban J connectivity index is 1.61. The van der Waals surface area contributed by atoms with Gasteiger partial charge in [-0.2, -0.15) is 0 Å². The van der Waals surface area contributed by atoms with Crippen LogP contribution in [0, 0.1) is 5.92 Å². The molecule has 0 radical (unpaired) electrons. The van der Waals surface area contributed by atoms with Gasteiger partial charge < -0.3 is 4.74 Å². The molecule has 0 aromatic heterocycles. The van der Waals surface area contributed by atoms with Crippen LogP contribution in [0.5, 0.6) is 5.75 Å². The van der Waals surface area contributed by atoms with Crippen LogP contribution in [-0.2, 0) is 11.8 Å². The second-order valence-corrected chi connectivity index (χ2v) is 7.90. The van der Waals surface area contributed by atoms with E-state index >= 15 is 0 Å². The lowest BCUT2D eigenvalue weighted by Gasteiger charge is -2.09. The number of hydrogen-bond acceptors (Lipinski definition) is 1. The molecule has 1 saturated carbocycles. The Labute approximate surface area is 144 Å². The quantitative estimate of drug-likeness (QED) is 0.305. The van der Waals surface area contributed by atoms with Crippen LogP contribution < -0.4 is 4.74 Å². The maximum Gasteiger partial charge on any atom is 0.160 e. The summed E-state index contributed by atoms with van der Waals surface area (Å²) in [4.78, 5) is 1.45. The molecule has 23 heavy (non-hydrogen) atoms. The summed E-state index contributed by atoms with van der Waals surface area (Å²) in [6.45, 7) is 3.02. The molecule has 0 heterocycles. The van der Waals surface area contributed by atoms with Gasteiger partial charge in [0.1, 0.15) is 11.5 Å². The lowest BCUT2D eigenvalue weighted by atomic mass is 10.1. The van der Waals surface area contributed by atoms with Crippen LogP contribution in [0.15, 0.2) is 41.3 Å². The fraction of sp³-hybridized carbons (Fsp3) is 0.524. The molecular weight excluding hydrogens is 300 g/mol. The Morgan fingerprint density at radius 3 is 2.61 bits per heavy atom. The molecule has 3 rings (SSSR count). The highest BCUT2D eigenvalue weighted by Gasteiger charge is 2.20. The van der Waals surface area contributed by atoms with Gasteiger partial charge >= 0.3 is 0 Å². The van der Waals surface area contributed by atoms with Crippen LogP contribution in [0.25, 0.3) is 10.8 Å². The second kappa shape index (κ2) is 8.63. The fourth-order valence-corrected chi connectivity index (χ4v) is 4.16. The van der Waals surface area contributed by atoms with E-state index in [0.29, 0.717) is 0 Å². The van der Waals surface area contributed by atoms with Crippen LogP contribution in [0.2, 0.25) is 0 Å². The number of ether oxygens (including phenoxy) is 1. The molecule has 0 amide bonds. The van der Waals surface area contributed by atoms with Crippen molar-refractivity contribution in [1.29, 1.82) is 0 Å². The molecule has 2 aromatic rings. The van der Waals surface area contributed by atoms with E-state index in [1.165, 1.54) is 71.7 Å². The molecule has 0 aliphatic heterocycles. The van der Waals surface area contributed by atoms with E-state index in [0.717, 1.165) is 24.7 Å². The molecule has 1 aliphatic carbocycles. The number of fused-ring (bicyclic) bond motifs is 1. The van der Waals surface area contributed by atoms with Gasteiger partial charge in [0, 0.05) is 22.5 Å². The second-order valence-electron chi connectivity index (χ2n) is 6.65. The van der Waals surface area contributed by atoms with Gasteiger partial charge in [0.2, 0.25) is 0 Å². The molecule has 1 aliphatic rings. The zero-order valence-corrected chi connectivity index (χ0v) is 15.2. The summed E-state index contributed by atoms with van der Waals surface area (Å²) in [6.07, 6.45) is 9.50. The van der Waals surface area contributed by atoms with E-state index < -0.39 is 0 Å². The van der Waals surface area contributed by atoms with Gasteiger partial charge in [-0.3, -0.25) is 0 Å². The van der Waals surface area contributed by atoms with Crippen molar-refractivity contribution in [2.24, 2.45) is 5.92 Å². The minimum Gasteiger partial charge on any atom is -0.493 e.